The molecule has 0 aliphatic carbocycles. The normalized spacial score (nSPS) is 10.1. The summed E-state index contributed by atoms with van der Waals surface area (Å²) < 4.78 is 6.18. The van der Waals surface area contributed by atoms with Gasteiger partial charge in [-0.15, -0.1) is 0 Å². The quantitative estimate of drug-likeness (QED) is 0.808. The molecule has 2 amide bonds. The lowest BCUT2D eigenvalue weighted by molar-refractivity contribution is 0.216. The number of hydrogen-bond acceptors (Lipinski definition) is 3. The van der Waals surface area contributed by atoms with Gasteiger partial charge < -0.3 is 9.64 Å². The molecule has 2 aromatic carbocycles. The lowest BCUT2D eigenvalue weighted by Gasteiger charge is -2.27. The van der Waals surface area contributed by atoms with Gasteiger partial charge in [0.2, 0.25) is 0 Å². The highest BCUT2D eigenvalue weighted by atomic mass is 79.9. The van der Waals surface area contributed by atoms with Crippen molar-refractivity contribution in [3.8, 4) is 5.75 Å². The molecule has 0 saturated heterocycles. The van der Waals surface area contributed by atoms with Crippen LogP contribution in [0, 0.1) is 0 Å². The van der Waals surface area contributed by atoms with Crippen molar-refractivity contribution in [3.05, 3.63) is 58.6 Å². The molecule has 0 radical (unpaired) electrons. The second-order valence-corrected chi connectivity index (χ2v) is 6.04. The van der Waals surface area contributed by atoms with Crippen LogP contribution in [0.25, 0.3) is 0 Å². The minimum absolute atomic E-state index is 0.187. The largest absolute Gasteiger partial charge is 0.497 e. The Hall–Kier alpha value is -2.21. The highest BCUT2D eigenvalue weighted by Gasteiger charge is 2.14. The van der Waals surface area contributed by atoms with E-state index in [4.69, 9.17) is 4.74 Å². The van der Waals surface area contributed by atoms with Crippen molar-refractivity contribution in [2.24, 2.45) is 0 Å². The SMILES string of the molecule is COc1ccc(N(Cc2ccccc2Br)NC(=O)N(C)C)cc1. The average molecular weight is 378 g/mol. The van der Waals surface area contributed by atoms with Crippen molar-refractivity contribution >= 4 is 27.6 Å². The summed E-state index contributed by atoms with van der Waals surface area (Å²) in [6.45, 7) is 0.535. The van der Waals surface area contributed by atoms with Gasteiger partial charge in [-0.25, -0.2) is 10.2 Å². The lowest BCUT2D eigenvalue weighted by Crippen LogP contribution is -2.46. The van der Waals surface area contributed by atoms with Crippen LogP contribution in [-0.2, 0) is 6.54 Å². The molecule has 0 aliphatic rings. The molecule has 0 saturated carbocycles. The summed E-state index contributed by atoms with van der Waals surface area (Å²) in [5.41, 5.74) is 4.85. The van der Waals surface area contributed by atoms with E-state index in [9.17, 15) is 4.79 Å². The fourth-order valence-corrected chi connectivity index (χ4v) is 2.38. The zero-order valence-electron chi connectivity index (χ0n) is 13.4. The minimum atomic E-state index is -0.187. The molecule has 2 aromatic rings. The summed E-state index contributed by atoms with van der Waals surface area (Å²) in [5.74, 6) is 0.772. The standard InChI is InChI=1S/C17H20BrN3O2/c1-20(2)17(22)19-21(12-13-6-4-5-7-16(13)18)14-8-10-15(23-3)11-9-14/h4-11H,12H2,1-3H3,(H,19,22). The Morgan fingerprint density at radius 2 is 1.78 bits per heavy atom. The van der Waals surface area contributed by atoms with Gasteiger partial charge in [-0.05, 0) is 35.9 Å². The van der Waals surface area contributed by atoms with Gasteiger partial charge in [-0.1, -0.05) is 34.1 Å². The Bertz CT molecular complexity index is 659. The highest BCUT2D eigenvalue weighted by molar-refractivity contribution is 9.10. The number of anilines is 1. The molecule has 23 heavy (non-hydrogen) atoms. The molecule has 0 atom stereocenters. The first-order valence-electron chi connectivity index (χ1n) is 7.14. The zero-order chi connectivity index (χ0) is 16.8. The summed E-state index contributed by atoms with van der Waals surface area (Å²) in [4.78, 5) is 13.6. The number of carbonyl (C=O) groups is 1. The van der Waals surface area contributed by atoms with Crippen LogP contribution in [0.15, 0.2) is 53.0 Å². The lowest BCUT2D eigenvalue weighted by atomic mass is 10.2. The zero-order valence-corrected chi connectivity index (χ0v) is 15.0. The summed E-state index contributed by atoms with van der Waals surface area (Å²) >= 11 is 3.55. The van der Waals surface area contributed by atoms with Gasteiger partial charge in [-0.3, -0.25) is 5.01 Å². The molecule has 1 N–H and O–H groups in total. The fraction of sp³-hybridized carbons (Fsp3) is 0.235. The van der Waals surface area contributed by atoms with Crippen LogP contribution in [0.1, 0.15) is 5.56 Å². The Kier molecular flexibility index (Phi) is 5.87. The number of halogens is 1. The molecule has 0 aromatic heterocycles. The van der Waals surface area contributed by atoms with E-state index in [1.54, 1.807) is 21.2 Å². The van der Waals surface area contributed by atoms with E-state index in [1.807, 2.05) is 53.5 Å². The third-order valence-electron chi connectivity index (χ3n) is 3.31. The van der Waals surface area contributed by atoms with Crippen molar-refractivity contribution < 1.29 is 9.53 Å². The molecule has 2 rings (SSSR count). The van der Waals surface area contributed by atoms with E-state index in [1.165, 1.54) is 4.90 Å². The number of rotatable bonds is 5. The maximum atomic E-state index is 12.1. The Morgan fingerprint density at radius 1 is 1.13 bits per heavy atom. The number of hydrogen-bond donors (Lipinski definition) is 1. The molecule has 0 fully saturated rings. The number of methoxy groups -OCH3 is 1. The van der Waals surface area contributed by atoms with Crippen molar-refractivity contribution in [2.45, 2.75) is 6.54 Å². The molecule has 0 heterocycles. The topological polar surface area (TPSA) is 44.8 Å². The van der Waals surface area contributed by atoms with Gasteiger partial charge in [0.15, 0.2) is 0 Å². The average Bonchev–Trinajstić information content (AvgIpc) is 2.56. The van der Waals surface area contributed by atoms with E-state index >= 15 is 0 Å². The number of urea groups is 1. The van der Waals surface area contributed by atoms with Gasteiger partial charge in [-0.2, -0.15) is 0 Å². The molecule has 122 valence electrons. The summed E-state index contributed by atoms with van der Waals surface area (Å²) in [6.07, 6.45) is 0. The first-order valence-corrected chi connectivity index (χ1v) is 7.93. The van der Waals surface area contributed by atoms with Gasteiger partial charge in [0, 0.05) is 18.6 Å². The van der Waals surface area contributed by atoms with Crippen molar-refractivity contribution in [1.29, 1.82) is 0 Å². The number of amides is 2. The predicted molar refractivity (Wildman–Crippen MR) is 95.5 cm³/mol. The first-order chi connectivity index (χ1) is 11.0. The van der Waals surface area contributed by atoms with Crippen LogP contribution in [0.4, 0.5) is 10.5 Å². The van der Waals surface area contributed by atoms with Gasteiger partial charge in [0.1, 0.15) is 5.75 Å². The van der Waals surface area contributed by atoms with E-state index in [2.05, 4.69) is 21.4 Å². The molecule has 0 bridgehead atoms. The molecular weight excluding hydrogens is 358 g/mol. The highest BCUT2D eigenvalue weighted by Crippen LogP contribution is 2.23. The molecule has 0 spiro atoms. The molecule has 5 nitrogen and oxygen atoms in total. The van der Waals surface area contributed by atoms with Gasteiger partial charge in [0.05, 0.1) is 19.3 Å². The molecular formula is C17H20BrN3O2. The van der Waals surface area contributed by atoms with E-state index in [-0.39, 0.29) is 6.03 Å². The number of benzene rings is 2. The Labute approximate surface area is 144 Å². The third-order valence-corrected chi connectivity index (χ3v) is 4.08. The van der Waals surface area contributed by atoms with Crippen molar-refractivity contribution in [3.63, 3.8) is 0 Å². The maximum Gasteiger partial charge on any atom is 0.335 e. The minimum Gasteiger partial charge on any atom is -0.497 e. The van der Waals surface area contributed by atoms with Crippen LogP contribution in [-0.4, -0.2) is 32.1 Å². The Morgan fingerprint density at radius 3 is 2.35 bits per heavy atom. The van der Waals surface area contributed by atoms with E-state index in [0.29, 0.717) is 6.54 Å². The Balaban J connectivity index is 2.27. The first kappa shape index (κ1) is 17.1. The number of nitrogens with zero attached hydrogens (tertiary/aromatic N) is 2. The van der Waals surface area contributed by atoms with Gasteiger partial charge in [0.25, 0.3) is 0 Å². The third kappa shape index (κ3) is 4.63. The van der Waals surface area contributed by atoms with E-state index in [0.717, 1.165) is 21.5 Å². The van der Waals surface area contributed by atoms with Crippen LogP contribution < -0.4 is 15.2 Å². The fourth-order valence-electron chi connectivity index (χ4n) is 1.97. The van der Waals surface area contributed by atoms with Crippen molar-refractivity contribution in [2.75, 3.05) is 26.2 Å². The summed E-state index contributed by atoms with van der Waals surface area (Å²) in [5, 5.41) is 1.81. The van der Waals surface area contributed by atoms with E-state index < -0.39 is 0 Å². The monoisotopic (exact) mass is 377 g/mol. The van der Waals surface area contributed by atoms with Crippen LogP contribution >= 0.6 is 15.9 Å². The number of ether oxygens (including phenoxy) is 1. The summed E-state index contributed by atoms with van der Waals surface area (Å²) in [7, 11) is 5.04. The molecule has 0 unspecified atom stereocenters. The maximum absolute atomic E-state index is 12.1. The second kappa shape index (κ2) is 7.87. The van der Waals surface area contributed by atoms with Crippen molar-refractivity contribution in [1.82, 2.24) is 10.3 Å². The van der Waals surface area contributed by atoms with Crippen LogP contribution in [0.5, 0.6) is 5.75 Å². The number of nitrogens with one attached hydrogen (secondary N) is 1. The summed E-state index contributed by atoms with van der Waals surface area (Å²) in [6, 6.07) is 15.3. The number of hydrazine groups is 1. The van der Waals surface area contributed by atoms with Gasteiger partial charge >= 0.3 is 6.03 Å². The smallest absolute Gasteiger partial charge is 0.335 e. The predicted octanol–water partition coefficient (Wildman–Crippen LogP) is 3.65. The second-order valence-electron chi connectivity index (χ2n) is 5.19. The number of carbonyl (C=O) groups excluding carboxylic acids is 1. The molecule has 6 heteroatoms. The van der Waals surface area contributed by atoms with Crippen LogP contribution in [0.3, 0.4) is 0 Å². The molecule has 0 aliphatic heterocycles. The van der Waals surface area contributed by atoms with Crippen LogP contribution in [0.2, 0.25) is 0 Å².